The van der Waals surface area contributed by atoms with Gasteiger partial charge in [0, 0.05) is 16.7 Å². The van der Waals surface area contributed by atoms with Crippen LogP contribution in [0.3, 0.4) is 0 Å². The van der Waals surface area contributed by atoms with Crippen molar-refractivity contribution in [3.63, 3.8) is 0 Å². The normalized spacial score (nSPS) is 11.9. The van der Waals surface area contributed by atoms with Crippen molar-refractivity contribution in [2.75, 3.05) is 11.9 Å². The molecule has 0 aliphatic rings. The van der Waals surface area contributed by atoms with E-state index in [0.717, 1.165) is 21.3 Å². The highest BCUT2D eigenvalue weighted by molar-refractivity contribution is 9.10. The van der Waals surface area contributed by atoms with Crippen LogP contribution in [-0.4, -0.2) is 17.6 Å². The average Bonchev–Trinajstić information content (AvgIpc) is 2.43. The summed E-state index contributed by atoms with van der Waals surface area (Å²) in [7, 11) is 0. The van der Waals surface area contributed by atoms with Gasteiger partial charge in [-0.25, -0.2) is 0 Å². The summed E-state index contributed by atoms with van der Waals surface area (Å²) in [4.78, 5) is 11.4. The second kappa shape index (κ2) is 6.57. The monoisotopic (exact) mass is 333 g/mol. The Balaban J connectivity index is 2.14. The maximum Gasteiger partial charge on any atom is 0.312 e. The van der Waals surface area contributed by atoms with Crippen LogP contribution in [0.25, 0.3) is 0 Å². The van der Waals surface area contributed by atoms with Gasteiger partial charge in [-0.3, -0.25) is 4.79 Å². The molecular formula is C16H16BrNO2. The third kappa shape index (κ3) is 3.61. The molecule has 3 nitrogen and oxygen atoms in total. The van der Waals surface area contributed by atoms with Crippen LogP contribution in [0.2, 0.25) is 0 Å². The van der Waals surface area contributed by atoms with E-state index in [0.29, 0.717) is 6.54 Å². The van der Waals surface area contributed by atoms with Gasteiger partial charge in [-0.05, 0) is 30.2 Å². The number of hydrogen-bond acceptors (Lipinski definition) is 2. The van der Waals surface area contributed by atoms with Gasteiger partial charge in [-0.15, -0.1) is 0 Å². The predicted molar refractivity (Wildman–Crippen MR) is 84.2 cm³/mol. The van der Waals surface area contributed by atoms with Gasteiger partial charge in [-0.1, -0.05) is 52.3 Å². The third-order valence-corrected chi connectivity index (χ3v) is 3.69. The van der Waals surface area contributed by atoms with E-state index < -0.39 is 11.9 Å². The van der Waals surface area contributed by atoms with Gasteiger partial charge < -0.3 is 10.4 Å². The van der Waals surface area contributed by atoms with E-state index in [4.69, 9.17) is 0 Å². The highest BCUT2D eigenvalue weighted by Crippen LogP contribution is 2.23. The second-order valence-electron chi connectivity index (χ2n) is 4.64. The first-order valence-electron chi connectivity index (χ1n) is 6.35. The van der Waals surface area contributed by atoms with Crippen molar-refractivity contribution in [2.24, 2.45) is 0 Å². The molecule has 0 radical (unpaired) electrons. The topological polar surface area (TPSA) is 49.3 Å². The number of carbonyl (C=O) groups is 1. The number of anilines is 1. The molecule has 0 heterocycles. The number of aliphatic carboxylic acids is 1. The van der Waals surface area contributed by atoms with Crippen molar-refractivity contribution >= 4 is 27.6 Å². The lowest BCUT2D eigenvalue weighted by Crippen LogP contribution is -2.21. The second-order valence-corrected chi connectivity index (χ2v) is 5.56. The minimum absolute atomic E-state index is 0.358. The molecule has 2 N–H and O–H groups in total. The van der Waals surface area contributed by atoms with Crippen LogP contribution in [0.5, 0.6) is 0 Å². The van der Waals surface area contributed by atoms with E-state index in [1.165, 1.54) is 0 Å². The van der Waals surface area contributed by atoms with Crippen molar-refractivity contribution in [3.8, 4) is 0 Å². The maximum absolute atomic E-state index is 11.4. The molecule has 4 heteroatoms. The molecular weight excluding hydrogens is 318 g/mol. The minimum atomic E-state index is -0.823. The molecule has 0 bridgehead atoms. The summed E-state index contributed by atoms with van der Waals surface area (Å²) < 4.78 is 0.970. The highest BCUT2D eigenvalue weighted by Gasteiger charge is 2.19. The molecule has 0 aliphatic heterocycles. The number of carboxylic acid groups (broad SMARTS) is 1. The number of rotatable bonds is 5. The van der Waals surface area contributed by atoms with Crippen LogP contribution < -0.4 is 5.32 Å². The van der Waals surface area contributed by atoms with E-state index in [-0.39, 0.29) is 0 Å². The van der Waals surface area contributed by atoms with Crippen LogP contribution in [0, 0.1) is 6.92 Å². The molecule has 0 spiro atoms. The fourth-order valence-corrected chi connectivity index (χ4v) is 2.39. The fraction of sp³-hybridized carbons (Fsp3) is 0.188. The van der Waals surface area contributed by atoms with Crippen molar-refractivity contribution in [1.82, 2.24) is 0 Å². The largest absolute Gasteiger partial charge is 0.481 e. The Kier molecular flexibility index (Phi) is 4.79. The van der Waals surface area contributed by atoms with Crippen LogP contribution >= 0.6 is 15.9 Å². The van der Waals surface area contributed by atoms with Gasteiger partial charge in [0.25, 0.3) is 0 Å². The molecule has 0 fully saturated rings. The van der Waals surface area contributed by atoms with Gasteiger partial charge in [0.2, 0.25) is 0 Å². The van der Waals surface area contributed by atoms with Crippen molar-refractivity contribution in [1.29, 1.82) is 0 Å². The lowest BCUT2D eigenvalue weighted by atomic mass is 9.99. The summed E-state index contributed by atoms with van der Waals surface area (Å²) in [6.45, 7) is 2.35. The fourth-order valence-electron chi connectivity index (χ4n) is 2.03. The van der Waals surface area contributed by atoms with Crippen LogP contribution in [0.15, 0.2) is 53.0 Å². The van der Waals surface area contributed by atoms with E-state index >= 15 is 0 Å². The predicted octanol–water partition coefficient (Wildman–Crippen LogP) is 4.04. The zero-order chi connectivity index (χ0) is 14.5. The zero-order valence-corrected chi connectivity index (χ0v) is 12.7. The Morgan fingerprint density at radius 3 is 2.60 bits per heavy atom. The maximum atomic E-state index is 11.4. The van der Waals surface area contributed by atoms with Crippen LogP contribution in [-0.2, 0) is 4.79 Å². The van der Waals surface area contributed by atoms with Crippen LogP contribution in [0.4, 0.5) is 5.69 Å². The quantitative estimate of drug-likeness (QED) is 0.868. The first kappa shape index (κ1) is 14.6. The molecule has 0 saturated heterocycles. The Morgan fingerprint density at radius 1 is 1.25 bits per heavy atom. The highest BCUT2D eigenvalue weighted by atomic mass is 79.9. The molecule has 2 aromatic carbocycles. The van der Waals surface area contributed by atoms with Crippen molar-refractivity contribution < 1.29 is 9.90 Å². The Morgan fingerprint density at radius 2 is 1.95 bits per heavy atom. The lowest BCUT2D eigenvalue weighted by molar-refractivity contribution is -0.138. The number of halogens is 1. The van der Waals surface area contributed by atoms with E-state index in [9.17, 15) is 9.90 Å². The number of aryl methyl sites for hydroxylation is 1. The number of benzene rings is 2. The summed E-state index contributed by atoms with van der Waals surface area (Å²) in [5.74, 6) is -1.38. The number of hydrogen-bond donors (Lipinski definition) is 2. The van der Waals surface area contributed by atoms with E-state index in [1.807, 2.05) is 55.5 Å². The number of carboxylic acids is 1. The molecule has 20 heavy (non-hydrogen) atoms. The smallest absolute Gasteiger partial charge is 0.312 e. The first-order chi connectivity index (χ1) is 9.58. The van der Waals surface area contributed by atoms with Gasteiger partial charge in [0.1, 0.15) is 0 Å². The molecule has 104 valence electrons. The van der Waals surface area contributed by atoms with Gasteiger partial charge in [0.05, 0.1) is 5.92 Å². The average molecular weight is 334 g/mol. The zero-order valence-electron chi connectivity index (χ0n) is 11.1. The van der Waals surface area contributed by atoms with E-state index in [1.54, 1.807) is 0 Å². The molecule has 2 rings (SSSR count). The Hall–Kier alpha value is -1.81. The van der Waals surface area contributed by atoms with Gasteiger partial charge in [0.15, 0.2) is 0 Å². The summed E-state index contributed by atoms with van der Waals surface area (Å²) in [6, 6.07) is 15.2. The number of nitrogens with one attached hydrogen (secondary N) is 1. The van der Waals surface area contributed by atoms with E-state index in [2.05, 4.69) is 21.2 Å². The van der Waals surface area contributed by atoms with Gasteiger partial charge >= 0.3 is 5.97 Å². The molecule has 0 amide bonds. The molecule has 2 aromatic rings. The summed E-state index contributed by atoms with van der Waals surface area (Å²) in [5.41, 5.74) is 2.84. The Labute approximate surface area is 126 Å². The molecule has 0 aliphatic carbocycles. The summed E-state index contributed by atoms with van der Waals surface area (Å²) in [5, 5.41) is 12.6. The summed E-state index contributed by atoms with van der Waals surface area (Å²) in [6.07, 6.45) is 0. The standard InChI is InChI=1S/C16H16BrNO2/c1-11-7-8-13(17)9-15(11)18-10-14(16(19)20)12-5-3-2-4-6-12/h2-9,14,18H,10H2,1H3,(H,19,20). The lowest BCUT2D eigenvalue weighted by Gasteiger charge is -2.16. The minimum Gasteiger partial charge on any atom is -0.481 e. The van der Waals surface area contributed by atoms with Crippen molar-refractivity contribution in [3.05, 3.63) is 64.1 Å². The summed E-state index contributed by atoms with van der Waals surface area (Å²) >= 11 is 3.42. The van der Waals surface area contributed by atoms with Gasteiger partial charge in [-0.2, -0.15) is 0 Å². The molecule has 1 atom stereocenters. The van der Waals surface area contributed by atoms with Crippen molar-refractivity contribution in [2.45, 2.75) is 12.8 Å². The Bertz CT molecular complexity index is 599. The SMILES string of the molecule is Cc1ccc(Br)cc1NCC(C(=O)O)c1ccccc1. The molecule has 1 unspecified atom stereocenters. The first-order valence-corrected chi connectivity index (χ1v) is 7.15. The third-order valence-electron chi connectivity index (χ3n) is 3.20. The van der Waals surface area contributed by atoms with Crippen LogP contribution in [0.1, 0.15) is 17.0 Å². The molecule has 0 aromatic heterocycles. The molecule has 0 saturated carbocycles.